The van der Waals surface area contributed by atoms with Crippen LogP contribution in [0.3, 0.4) is 0 Å². The molecule has 27 heavy (non-hydrogen) atoms. The van der Waals surface area contributed by atoms with Gasteiger partial charge in [0.05, 0.1) is 25.4 Å². The summed E-state index contributed by atoms with van der Waals surface area (Å²) in [6.45, 7) is -0.951. The molecule has 1 fully saturated rings. The second-order valence-electron chi connectivity index (χ2n) is 6.27. The standard InChI is InChI=1S/C14H23N2O10P/c17-6-9(18)3-1-2-8-5-16(14(21)15-13(8)20)12-4-10(19)11(26-12)7-25-27(22,23)24/h5,9-12,17-19H,1-4,6-7H2,(H,15,20,21)(H2,22,23,24)/t9?,10-,11+,12+/m0/s1. The Hall–Kier alpha value is -1.37. The normalized spacial score (nSPS) is 24.3. The van der Waals surface area contributed by atoms with E-state index in [4.69, 9.17) is 19.6 Å². The van der Waals surface area contributed by atoms with Crippen molar-refractivity contribution >= 4 is 7.82 Å². The van der Waals surface area contributed by atoms with Gasteiger partial charge in [-0.1, -0.05) is 0 Å². The van der Waals surface area contributed by atoms with E-state index in [1.807, 2.05) is 0 Å². The molecule has 1 aliphatic rings. The lowest BCUT2D eigenvalue weighted by molar-refractivity contribution is -0.0451. The molecule has 0 amide bonds. The molecule has 1 unspecified atom stereocenters. The van der Waals surface area contributed by atoms with E-state index in [1.54, 1.807) is 0 Å². The number of aliphatic hydroxyl groups excluding tert-OH is 3. The third-order valence-corrected chi connectivity index (χ3v) is 4.64. The summed E-state index contributed by atoms with van der Waals surface area (Å²) in [5.41, 5.74) is -1.09. The lowest BCUT2D eigenvalue weighted by atomic mass is 10.1. The molecule has 4 atom stereocenters. The fraction of sp³-hybridized carbons (Fsp3) is 0.714. The molecule has 1 aromatic rings. The molecule has 0 aromatic carbocycles. The number of nitrogens with zero attached hydrogens (tertiary/aromatic N) is 1. The Labute approximate surface area is 153 Å². The highest BCUT2D eigenvalue weighted by Crippen LogP contribution is 2.38. The number of phosphoric acid groups is 1. The maximum Gasteiger partial charge on any atom is 0.469 e. The average molecular weight is 410 g/mol. The first-order valence-electron chi connectivity index (χ1n) is 8.27. The van der Waals surface area contributed by atoms with Gasteiger partial charge in [-0.2, -0.15) is 0 Å². The highest BCUT2D eigenvalue weighted by molar-refractivity contribution is 7.46. The minimum Gasteiger partial charge on any atom is -0.394 e. The molecule has 13 heteroatoms. The van der Waals surface area contributed by atoms with Gasteiger partial charge in [0.2, 0.25) is 0 Å². The van der Waals surface area contributed by atoms with E-state index in [-0.39, 0.29) is 31.4 Å². The molecule has 1 saturated heterocycles. The predicted octanol–water partition coefficient (Wildman–Crippen LogP) is -2.03. The molecule has 6 N–H and O–H groups in total. The fourth-order valence-corrected chi connectivity index (χ4v) is 3.09. The molecule has 154 valence electrons. The number of aryl methyl sites for hydroxylation is 1. The third-order valence-electron chi connectivity index (χ3n) is 4.16. The van der Waals surface area contributed by atoms with Crippen molar-refractivity contribution in [1.29, 1.82) is 0 Å². The Balaban J connectivity index is 2.09. The molecule has 1 aliphatic heterocycles. The number of aromatic amines is 1. The molecule has 12 nitrogen and oxygen atoms in total. The summed E-state index contributed by atoms with van der Waals surface area (Å²) in [4.78, 5) is 43.6. The molecule has 0 bridgehead atoms. The van der Waals surface area contributed by atoms with Crippen LogP contribution < -0.4 is 11.2 Å². The first-order chi connectivity index (χ1) is 12.6. The van der Waals surface area contributed by atoms with Crippen LogP contribution in [0, 0.1) is 0 Å². The Morgan fingerprint density at radius 1 is 1.41 bits per heavy atom. The number of nitrogens with one attached hydrogen (secondary N) is 1. The van der Waals surface area contributed by atoms with Gasteiger partial charge in [0.1, 0.15) is 12.3 Å². The van der Waals surface area contributed by atoms with Crippen LogP contribution in [0.15, 0.2) is 15.8 Å². The van der Waals surface area contributed by atoms with Gasteiger partial charge >= 0.3 is 13.5 Å². The first-order valence-corrected chi connectivity index (χ1v) is 9.80. The summed E-state index contributed by atoms with van der Waals surface area (Å²) in [6.07, 6.45) is -1.85. The van der Waals surface area contributed by atoms with Crippen LogP contribution in [0.5, 0.6) is 0 Å². The zero-order valence-electron chi connectivity index (χ0n) is 14.3. The minimum atomic E-state index is -4.73. The van der Waals surface area contributed by atoms with Gasteiger partial charge in [0.25, 0.3) is 5.56 Å². The van der Waals surface area contributed by atoms with Crippen molar-refractivity contribution in [3.05, 3.63) is 32.6 Å². The third kappa shape index (κ3) is 6.33. The smallest absolute Gasteiger partial charge is 0.394 e. The summed E-state index contributed by atoms with van der Waals surface area (Å²) in [6, 6.07) is 0. The number of H-pyrrole nitrogens is 1. The van der Waals surface area contributed by atoms with Crippen molar-refractivity contribution in [1.82, 2.24) is 9.55 Å². The lowest BCUT2D eigenvalue weighted by Crippen LogP contribution is -2.34. The molecular formula is C14H23N2O10P. The predicted molar refractivity (Wildman–Crippen MR) is 89.9 cm³/mol. The van der Waals surface area contributed by atoms with E-state index in [0.717, 1.165) is 4.57 Å². The van der Waals surface area contributed by atoms with E-state index in [1.165, 1.54) is 6.20 Å². The van der Waals surface area contributed by atoms with Crippen LogP contribution in [0.25, 0.3) is 0 Å². The van der Waals surface area contributed by atoms with Crippen molar-refractivity contribution in [2.45, 2.75) is 50.2 Å². The topological polar surface area (TPSA) is 192 Å². The van der Waals surface area contributed by atoms with E-state index in [2.05, 4.69) is 9.51 Å². The number of hydrogen-bond donors (Lipinski definition) is 6. The van der Waals surface area contributed by atoms with Crippen LogP contribution >= 0.6 is 7.82 Å². The van der Waals surface area contributed by atoms with E-state index >= 15 is 0 Å². The summed E-state index contributed by atoms with van der Waals surface area (Å²) < 4.78 is 21.6. The molecule has 0 aliphatic carbocycles. The minimum absolute atomic E-state index is 0.0379. The van der Waals surface area contributed by atoms with E-state index in [9.17, 15) is 24.4 Å². The van der Waals surface area contributed by atoms with Crippen LogP contribution in [0.2, 0.25) is 0 Å². The van der Waals surface area contributed by atoms with Crippen molar-refractivity contribution in [3.63, 3.8) is 0 Å². The Bertz CT molecular complexity index is 787. The number of ether oxygens (including phenoxy) is 1. The van der Waals surface area contributed by atoms with E-state index < -0.39 is 50.2 Å². The summed E-state index contributed by atoms with van der Waals surface area (Å²) in [5, 5.41) is 28.1. The lowest BCUT2D eigenvalue weighted by Gasteiger charge is -2.17. The van der Waals surface area contributed by atoms with Crippen LogP contribution in [0.4, 0.5) is 0 Å². The maximum atomic E-state index is 12.1. The first kappa shape index (κ1) is 21.9. The van der Waals surface area contributed by atoms with Gasteiger partial charge in [-0.05, 0) is 19.3 Å². The quantitative estimate of drug-likeness (QED) is 0.247. The van der Waals surface area contributed by atoms with Gasteiger partial charge in [0.15, 0.2) is 0 Å². The monoisotopic (exact) mass is 410 g/mol. The zero-order chi connectivity index (χ0) is 20.2. The van der Waals surface area contributed by atoms with Crippen LogP contribution in [0.1, 0.15) is 31.1 Å². The molecular weight excluding hydrogens is 387 g/mol. The van der Waals surface area contributed by atoms with Gasteiger partial charge in [-0.3, -0.25) is 18.9 Å². The Morgan fingerprint density at radius 3 is 2.74 bits per heavy atom. The zero-order valence-corrected chi connectivity index (χ0v) is 15.2. The summed E-state index contributed by atoms with van der Waals surface area (Å²) in [5.74, 6) is 0. The molecule has 0 saturated carbocycles. The molecule has 2 heterocycles. The molecule has 0 radical (unpaired) electrons. The van der Waals surface area contributed by atoms with Gasteiger partial charge in [0, 0.05) is 18.2 Å². The summed E-state index contributed by atoms with van der Waals surface area (Å²) >= 11 is 0. The van der Waals surface area contributed by atoms with Crippen molar-refractivity contribution < 1.29 is 38.9 Å². The Kier molecular flexibility index (Phi) is 7.48. The Morgan fingerprint density at radius 2 is 2.11 bits per heavy atom. The number of aliphatic hydroxyl groups is 3. The van der Waals surface area contributed by atoms with Crippen LogP contribution in [-0.2, 0) is 20.2 Å². The van der Waals surface area contributed by atoms with Gasteiger partial charge in [-0.15, -0.1) is 0 Å². The molecule has 1 aromatic heterocycles. The SMILES string of the molecule is O=c1[nH]c(=O)n([C@H]2C[C@H](O)[C@@H](COP(=O)(O)O)O2)cc1CCCC(O)CO. The average Bonchev–Trinajstić information content (AvgIpc) is 2.94. The van der Waals surface area contributed by atoms with Crippen molar-refractivity contribution in [2.75, 3.05) is 13.2 Å². The van der Waals surface area contributed by atoms with Crippen LogP contribution in [-0.4, -0.2) is 66.2 Å². The van der Waals surface area contributed by atoms with Crippen molar-refractivity contribution in [3.8, 4) is 0 Å². The highest BCUT2D eigenvalue weighted by atomic mass is 31.2. The second kappa shape index (κ2) is 9.22. The number of aromatic nitrogens is 2. The van der Waals surface area contributed by atoms with Crippen molar-refractivity contribution in [2.24, 2.45) is 0 Å². The van der Waals surface area contributed by atoms with Gasteiger partial charge in [-0.25, -0.2) is 9.36 Å². The second-order valence-corrected chi connectivity index (χ2v) is 7.51. The number of phosphoric ester groups is 1. The number of hydrogen-bond acceptors (Lipinski definition) is 8. The fourth-order valence-electron chi connectivity index (χ4n) is 2.74. The highest BCUT2D eigenvalue weighted by Gasteiger charge is 2.37. The molecule has 2 rings (SSSR count). The van der Waals surface area contributed by atoms with Gasteiger partial charge < -0.3 is 29.8 Å². The molecule has 0 spiro atoms. The van der Waals surface area contributed by atoms with E-state index in [0.29, 0.717) is 6.42 Å². The number of rotatable bonds is 9. The maximum absolute atomic E-state index is 12.1. The summed E-state index contributed by atoms with van der Waals surface area (Å²) in [7, 11) is -4.73. The largest absolute Gasteiger partial charge is 0.469 e.